The van der Waals surface area contributed by atoms with Crippen LogP contribution in [-0.2, 0) is 9.47 Å². The number of hydrogen-bond donors (Lipinski definition) is 0. The van der Waals surface area contributed by atoms with E-state index in [1.165, 1.54) is 0 Å². The maximum Gasteiger partial charge on any atom is 0.256 e. The van der Waals surface area contributed by atoms with E-state index in [1.54, 1.807) is 31.4 Å². The molecule has 0 unspecified atom stereocenters. The minimum Gasteiger partial charge on any atom is -0.381 e. The van der Waals surface area contributed by atoms with Gasteiger partial charge in [-0.3, -0.25) is 9.36 Å². The molecule has 2 fully saturated rings. The maximum absolute atomic E-state index is 13.4. The van der Waals surface area contributed by atoms with Crippen molar-refractivity contribution in [2.24, 2.45) is 0 Å². The monoisotopic (exact) mass is 356 g/mol. The van der Waals surface area contributed by atoms with Gasteiger partial charge in [0.2, 0.25) is 0 Å². The molecule has 0 bridgehead atoms. The summed E-state index contributed by atoms with van der Waals surface area (Å²) in [7, 11) is 3.51. The van der Waals surface area contributed by atoms with Crippen LogP contribution in [0.4, 0.5) is 0 Å². The van der Waals surface area contributed by atoms with Crippen molar-refractivity contribution in [2.45, 2.75) is 43.4 Å². The number of carbonyl (C=O) groups is 1. The van der Waals surface area contributed by atoms with Crippen LogP contribution < -0.4 is 0 Å². The average molecular weight is 356 g/mol. The first-order valence-electron chi connectivity index (χ1n) is 9.01. The van der Waals surface area contributed by atoms with Crippen LogP contribution in [0.5, 0.6) is 0 Å². The summed E-state index contributed by atoms with van der Waals surface area (Å²) >= 11 is 0. The van der Waals surface area contributed by atoms with E-state index in [0.717, 1.165) is 31.4 Å². The molecule has 2 heterocycles. The van der Waals surface area contributed by atoms with Gasteiger partial charge in [0.1, 0.15) is 12.7 Å². The average Bonchev–Trinajstić information content (AvgIpc) is 3.35. The highest BCUT2D eigenvalue weighted by Crippen LogP contribution is 2.43. The SMILES string of the molecule is CO[C@@H]1CC[C@]2(OC)CCN(C(=O)c3ccccc3-n3cnnc3)[C@@H]2C1. The summed E-state index contributed by atoms with van der Waals surface area (Å²) in [6.07, 6.45) is 6.96. The van der Waals surface area contributed by atoms with Gasteiger partial charge >= 0.3 is 0 Å². The van der Waals surface area contributed by atoms with Crippen molar-refractivity contribution >= 4 is 5.91 Å². The minimum absolute atomic E-state index is 0.0231. The molecule has 0 spiro atoms. The number of amides is 1. The summed E-state index contributed by atoms with van der Waals surface area (Å²) in [5.41, 5.74) is 1.19. The number of rotatable bonds is 4. The van der Waals surface area contributed by atoms with Gasteiger partial charge in [-0.1, -0.05) is 12.1 Å². The Labute approximate surface area is 152 Å². The van der Waals surface area contributed by atoms with Gasteiger partial charge in [0.15, 0.2) is 0 Å². The molecular weight excluding hydrogens is 332 g/mol. The highest BCUT2D eigenvalue weighted by molar-refractivity contribution is 5.98. The molecule has 2 aliphatic rings. The minimum atomic E-state index is -0.254. The molecule has 0 radical (unpaired) electrons. The molecule has 1 aromatic heterocycles. The smallest absolute Gasteiger partial charge is 0.256 e. The first-order chi connectivity index (χ1) is 12.7. The normalized spacial score (nSPS) is 28.2. The van der Waals surface area contributed by atoms with E-state index in [1.807, 2.05) is 29.2 Å². The van der Waals surface area contributed by atoms with Crippen LogP contribution in [0.1, 0.15) is 36.0 Å². The summed E-state index contributed by atoms with van der Waals surface area (Å²) in [4.78, 5) is 15.4. The fourth-order valence-corrected chi connectivity index (χ4v) is 4.48. The van der Waals surface area contributed by atoms with Gasteiger partial charge in [0.25, 0.3) is 5.91 Å². The fraction of sp³-hybridized carbons (Fsp3) is 0.526. The van der Waals surface area contributed by atoms with Crippen molar-refractivity contribution in [1.82, 2.24) is 19.7 Å². The predicted molar refractivity (Wildman–Crippen MR) is 95.2 cm³/mol. The van der Waals surface area contributed by atoms with Crippen molar-refractivity contribution in [3.63, 3.8) is 0 Å². The number of methoxy groups -OCH3 is 2. The van der Waals surface area contributed by atoms with Gasteiger partial charge in [0, 0.05) is 20.8 Å². The Hall–Kier alpha value is -2.25. The first-order valence-corrected chi connectivity index (χ1v) is 9.01. The quantitative estimate of drug-likeness (QED) is 0.839. The molecule has 1 aromatic carbocycles. The van der Waals surface area contributed by atoms with Crippen LogP contribution in [0.15, 0.2) is 36.9 Å². The van der Waals surface area contributed by atoms with E-state index in [2.05, 4.69) is 10.2 Å². The predicted octanol–water partition coefficient (Wildman–Crippen LogP) is 2.07. The summed E-state index contributed by atoms with van der Waals surface area (Å²) in [6, 6.07) is 7.61. The number of fused-ring (bicyclic) bond motifs is 1. The Morgan fingerprint density at radius 2 is 1.96 bits per heavy atom. The lowest BCUT2D eigenvalue weighted by Gasteiger charge is -2.43. The summed E-state index contributed by atoms with van der Waals surface area (Å²) < 4.78 is 13.3. The zero-order valence-electron chi connectivity index (χ0n) is 15.2. The van der Waals surface area contributed by atoms with Gasteiger partial charge in [0.05, 0.1) is 29.0 Å². The Balaban J connectivity index is 1.67. The van der Waals surface area contributed by atoms with Crippen molar-refractivity contribution in [1.29, 1.82) is 0 Å². The molecule has 4 rings (SSSR count). The van der Waals surface area contributed by atoms with E-state index in [-0.39, 0.29) is 23.7 Å². The second-order valence-corrected chi connectivity index (χ2v) is 7.05. The number of aromatic nitrogens is 3. The number of hydrogen-bond acceptors (Lipinski definition) is 5. The molecule has 7 nitrogen and oxygen atoms in total. The van der Waals surface area contributed by atoms with Gasteiger partial charge < -0.3 is 14.4 Å². The second-order valence-electron chi connectivity index (χ2n) is 7.05. The third-order valence-corrected chi connectivity index (χ3v) is 5.97. The van der Waals surface area contributed by atoms with Crippen molar-refractivity contribution < 1.29 is 14.3 Å². The van der Waals surface area contributed by atoms with Gasteiger partial charge in [-0.2, -0.15) is 0 Å². The molecule has 3 atom stereocenters. The Morgan fingerprint density at radius 1 is 1.19 bits per heavy atom. The third-order valence-electron chi connectivity index (χ3n) is 5.97. The maximum atomic E-state index is 13.4. The van der Waals surface area contributed by atoms with E-state index >= 15 is 0 Å². The number of carbonyl (C=O) groups excluding carboxylic acids is 1. The lowest BCUT2D eigenvalue weighted by molar-refractivity contribution is -0.0893. The second kappa shape index (κ2) is 6.81. The number of likely N-dealkylation sites (tertiary alicyclic amines) is 1. The largest absolute Gasteiger partial charge is 0.381 e. The van der Waals surface area contributed by atoms with Gasteiger partial charge in [-0.05, 0) is 37.8 Å². The highest BCUT2D eigenvalue weighted by Gasteiger charge is 2.52. The number of benzene rings is 1. The van der Waals surface area contributed by atoms with E-state index < -0.39 is 0 Å². The molecule has 1 aliphatic carbocycles. The lowest BCUT2D eigenvalue weighted by atomic mass is 9.79. The number of nitrogens with zero attached hydrogens (tertiary/aromatic N) is 4. The molecule has 2 aromatic rings. The zero-order chi connectivity index (χ0) is 18.1. The zero-order valence-corrected chi connectivity index (χ0v) is 15.2. The van der Waals surface area contributed by atoms with Crippen LogP contribution in [0.25, 0.3) is 5.69 Å². The Kier molecular flexibility index (Phi) is 4.50. The Morgan fingerprint density at radius 3 is 2.69 bits per heavy atom. The lowest BCUT2D eigenvalue weighted by Crippen LogP contribution is -2.53. The molecule has 1 saturated carbocycles. The van der Waals surface area contributed by atoms with E-state index in [9.17, 15) is 4.79 Å². The van der Waals surface area contributed by atoms with Crippen LogP contribution in [0.3, 0.4) is 0 Å². The number of para-hydroxylation sites is 1. The van der Waals surface area contributed by atoms with Gasteiger partial charge in [-0.25, -0.2) is 0 Å². The van der Waals surface area contributed by atoms with Crippen molar-refractivity contribution in [3.8, 4) is 5.69 Å². The molecule has 138 valence electrons. The number of ether oxygens (including phenoxy) is 2. The summed E-state index contributed by atoms with van der Waals surface area (Å²) in [5.74, 6) is 0.0231. The molecule has 26 heavy (non-hydrogen) atoms. The standard InChI is InChI=1S/C19H24N4O3/c1-25-14-7-8-19(26-2)9-10-23(17(19)11-14)18(24)15-5-3-4-6-16(15)22-12-20-21-13-22/h3-6,12-14,17H,7-11H2,1-2H3/t14-,17-,19+/m1/s1. The molecule has 0 N–H and O–H groups in total. The summed E-state index contributed by atoms with van der Waals surface area (Å²) in [5, 5.41) is 7.72. The molecule has 1 aliphatic heterocycles. The fourth-order valence-electron chi connectivity index (χ4n) is 4.48. The van der Waals surface area contributed by atoms with Crippen LogP contribution in [0, 0.1) is 0 Å². The van der Waals surface area contributed by atoms with Gasteiger partial charge in [-0.15, -0.1) is 10.2 Å². The topological polar surface area (TPSA) is 69.5 Å². The third kappa shape index (κ3) is 2.71. The molecule has 1 saturated heterocycles. The first kappa shape index (κ1) is 17.2. The molecule has 1 amide bonds. The van der Waals surface area contributed by atoms with E-state index in [0.29, 0.717) is 12.1 Å². The Bertz CT molecular complexity index is 779. The van der Waals surface area contributed by atoms with Crippen molar-refractivity contribution in [3.05, 3.63) is 42.5 Å². The molecular formula is C19H24N4O3. The van der Waals surface area contributed by atoms with Crippen LogP contribution in [0.2, 0.25) is 0 Å². The highest BCUT2D eigenvalue weighted by atomic mass is 16.5. The van der Waals surface area contributed by atoms with Crippen molar-refractivity contribution in [2.75, 3.05) is 20.8 Å². The van der Waals surface area contributed by atoms with E-state index in [4.69, 9.17) is 9.47 Å². The van der Waals surface area contributed by atoms with Crippen LogP contribution >= 0.6 is 0 Å². The molecule has 7 heteroatoms. The summed E-state index contributed by atoms with van der Waals surface area (Å²) in [6.45, 7) is 0.699. The van der Waals surface area contributed by atoms with Crippen LogP contribution in [-0.4, -0.2) is 64.1 Å².